The fraction of sp³-hybridized carbons (Fsp3) is 0.100. The zero-order chi connectivity index (χ0) is 17.9. The lowest BCUT2D eigenvalue weighted by molar-refractivity contribution is 0.776. The number of H-pyrrole nitrogens is 1. The maximum atomic E-state index is 4.75. The van der Waals surface area contributed by atoms with Gasteiger partial charge in [-0.05, 0) is 30.2 Å². The molecule has 0 aliphatic rings. The molecule has 0 saturated carbocycles. The summed E-state index contributed by atoms with van der Waals surface area (Å²) in [5.74, 6) is 0.702. The summed E-state index contributed by atoms with van der Waals surface area (Å²) < 4.78 is 3.32. The van der Waals surface area contributed by atoms with Crippen LogP contribution in [0.5, 0.6) is 0 Å². The number of halogens is 1. The number of nitrogens with one attached hydrogen (secondary N) is 1. The van der Waals surface area contributed by atoms with E-state index in [0.717, 1.165) is 27.2 Å². The number of thiazole rings is 1. The van der Waals surface area contributed by atoms with Crippen LogP contribution >= 0.6 is 27.3 Å². The maximum Gasteiger partial charge on any atom is 0.192 e. The molecular formula is C20H17BrN4S. The standard InChI is InChI=1S/C20H17BrN4S/c1-14-11-19(24-23-14)22-20-25(12-15-5-3-2-4-6-15)18(13-26-20)16-7-9-17(21)10-8-16/h2-11,13H,12H2,1H3,(H,23,24). The van der Waals surface area contributed by atoms with E-state index in [2.05, 4.69) is 84.6 Å². The van der Waals surface area contributed by atoms with Gasteiger partial charge >= 0.3 is 0 Å². The van der Waals surface area contributed by atoms with Crippen LogP contribution in [-0.4, -0.2) is 14.8 Å². The Hall–Kier alpha value is -2.44. The number of aromatic nitrogens is 3. The predicted octanol–water partition coefficient (Wildman–Crippen LogP) is 5.29. The molecule has 0 unspecified atom stereocenters. The van der Waals surface area contributed by atoms with Crippen LogP contribution in [0.4, 0.5) is 5.82 Å². The quantitative estimate of drug-likeness (QED) is 0.475. The molecule has 0 bridgehead atoms. The van der Waals surface area contributed by atoms with Gasteiger partial charge in [-0.2, -0.15) is 10.1 Å². The number of hydrogen-bond acceptors (Lipinski definition) is 3. The van der Waals surface area contributed by atoms with Crippen LogP contribution in [0.3, 0.4) is 0 Å². The minimum absolute atomic E-state index is 0.702. The molecule has 2 heterocycles. The Labute approximate surface area is 164 Å². The summed E-state index contributed by atoms with van der Waals surface area (Å²) in [6.45, 7) is 2.74. The van der Waals surface area contributed by atoms with Gasteiger partial charge in [0.05, 0.1) is 12.2 Å². The summed E-state index contributed by atoms with van der Waals surface area (Å²) in [7, 11) is 0. The molecule has 4 nitrogen and oxygen atoms in total. The summed E-state index contributed by atoms with van der Waals surface area (Å²) in [5, 5.41) is 9.35. The van der Waals surface area contributed by atoms with Gasteiger partial charge < -0.3 is 4.57 Å². The monoisotopic (exact) mass is 424 g/mol. The van der Waals surface area contributed by atoms with Crippen molar-refractivity contribution in [2.45, 2.75) is 13.5 Å². The van der Waals surface area contributed by atoms with Gasteiger partial charge in [0.1, 0.15) is 0 Å². The highest BCUT2D eigenvalue weighted by Gasteiger charge is 2.09. The van der Waals surface area contributed by atoms with Crippen molar-refractivity contribution >= 4 is 33.1 Å². The summed E-state index contributed by atoms with van der Waals surface area (Å²) in [6, 6.07) is 20.8. The second-order valence-electron chi connectivity index (χ2n) is 6.00. The van der Waals surface area contributed by atoms with Gasteiger partial charge in [0.15, 0.2) is 10.6 Å². The van der Waals surface area contributed by atoms with Crippen molar-refractivity contribution in [2.75, 3.05) is 0 Å². The molecule has 2 aromatic carbocycles. The van der Waals surface area contributed by atoms with E-state index in [9.17, 15) is 0 Å². The molecule has 0 spiro atoms. The summed E-state index contributed by atoms with van der Waals surface area (Å²) in [6.07, 6.45) is 0. The molecule has 130 valence electrons. The molecule has 0 fully saturated rings. The average molecular weight is 425 g/mol. The zero-order valence-corrected chi connectivity index (χ0v) is 16.6. The molecule has 4 rings (SSSR count). The van der Waals surface area contributed by atoms with Crippen LogP contribution in [0.15, 0.2) is 75.5 Å². The minimum atomic E-state index is 0.702. The van der Waals surface area contributed by atoms with Crippen LogP contribution in [0.1, 0.15) is 11.3 Å². The first-order valence-corrected chi connectivity index (χ1v) is 9.91. The Morgan fingerprint density at radius 3 is 2.58 bits per heavy atom. The SMILES string of the molecule is Cc1cc(N=c2scc(-c3ccc(Br)cc3)n2Cc2ccccc2)n[nH]1. The third kappa shape index (κ3) is 3.71. The Morgan fingerprint density at radius 1 is 1.12 bits per heavy atom. The van der Waals surface area contributed by atoms with Crippen LogP contribution in [0.25, 0.3) is 11.3 Å². The van der Waals surface area contributed by atoms with Crippen molar-refractivity contribution in [1.29, 1.82) is 0 Å². The van der Waals surface area contributed by atoms with Crippen LogP contribution < -0.4 is 4.80 Å². The number of nitrogens with zero attached hydrogens (tertiary/aromatic N) is 3. The van der Waals surface area contributed by atoms with E-state index in [1.54, 1.807) is 11.3 Å². The first-order chi connectivity index (χ1) is 12.7. The Kier molecular flexibility index (Phi) is 4.86. The lowest BCUT2D eigenvalue weighted by Crippen LogP contribution is -2.16. The number of aromatic amines is 1. The normalized spacial score (nSPS) is 11.8. The van der Waals surface area contributed by atoms with Gasteiger partial charge in [-0.25, -0.2) is 0 Å². The highest BCUT2D eigenvalue weighted by molar-refractivity contribution is 9.10. The van der Waals surface area contributed by atoms with E-state index in [4.69, 9.17) is 4.99 Å². The van der Waals surface area contributed by atoms with Crippen molar-refractivity contribution in [1.82, 2.24) is 14.8 Å². The van der Waals surface area contributed by atoms with Crippen molar-refractivity contribution in [3.8, 4) is 11.3 Å². The smallest absolute Gasteiger partial charge is 0.192 e. The molecule has 0 aliphatic heterocycles. The van der Waals surface area contributed by atoms with Crippen molar-refractivity contribution in [3.05, 3.63) is 86.6 Å². The number of benzene rings is 2. The molecular weight excluding hydrogens is 408 g/mol. The largest absolute Gasteiger partial charge is 0.312 e. The van der Waals surface area contributed by atoms with Gasteiger partial charge in [0.2, 0.25) is 0 Å². The van der Waals surface area contributed by atoms with Crippen LogP contribution in [0.2, 0.25) is 0 Å². The highest BCUT2D eigenvalue weighted by Crippen LogP contribution is 2.23. The molecule has 0 amide bonds. The van der Waals surface area contributed by atoms with Crippen LogP contribution in [-0.2, 0) is 6.54 Å². The predicted molar refractivity (Wildman–Crippen MR) is 110 cm³/mol. The first kappa shape index (κ1) is 17.0. The fourth-order valence-electron chi connectivity index (χ4n) is 2.75. The van der Waals surface area contributed by atoms with Crippen LogP contribution in [0, 0.1) is 6.92 Å². The molecule has 6 heteroatoms. The third-order valence-corrected chi connectivity index (χ3v) is 5.42. The highest BCUT2D eigenvalue weighted by atomic mass is 79.9. The van der Waals surface area contributed by atoms with E-state index in [1.807, 2.05) is 19.1 Å². The number of aryl methyl sites for hydroxylation is 1. The first-order valence-electron chi connectivity index (χ1n) is 8.24. The molecule has 2 aromatic heterocycles. The van der Waals surface area contributed by atoms with Gasteiger partial charge in [-0.3, -0.25) is 5.10 Å². The second kappa shape index (κ2) is 7.43. The zero-order valence-electron chi connectivity index (χ0n) is 14.2. The van der Waals surface area contributed by atoms with E-state index >= 15 is 0 Å². The van der Waals surface area contributed by atoms with Gasteiger partial charge in [0, 0.05) is 21.6 Å². The van der Waals surface area contributed by atoms with Gasteiger partial charge in [-0.15, -0.1) is 11.3 Å². The van der Waals surface area contributed by atoms with E-state index in [1.165, 1.54) is 11.1 Å². The summed E-state index contributed by atoms with van der Waals surface area (Å²) in [4.78, 5) is 5.68. The molecule has 26 heavy (non-hydrogen) atoms. The third-order valence-electron chi connectivity index (χ3n) is 4.02. The van der Waals surface area contributed by atoms with Gasteiger partial charge in [-0.1, -0.05) is 58.4 Å². The number of hydrogen-bond donors (Lipinski definition) is 1. The number of rotatable bonds is 4. The average Bonchev–Trinajstić information content (AvgIpc) is 3.24. The lowest BCUT2D eigenvalue weighted by atomic mass is 10.1. The second-order valence-corrected chi connectivity index (χ2v) is 7.76. The molecule has 0 radical (unpaired) electrons. The Bertz CT molecular complexity index is 1070. The summed E-state index contributed by atoms with van der Waals surface area (Å²) in [5.41, 5.74) is 4.56. The molecule has 4 aromatic rings. The Balaban J connectivity index is 1.84. The Morgan fingerprint density at radius 2 is 1.88 bits per heavy atom. The minimum Gasteiger partial charge on any atom is -0.312 e. The van der Waals surface area contributed by atoms with Crippen molar-refractivity contribution < 1.29 is 0 Å². The van der Waals surface area contributed by atoms with Crippen molar-refractivity contribution in [2.24, 2.45) is 4.99 Å². The molecule has 1 N–H and O–H groups in total. The molecule has 0 atom stereocenters. The van der Waals surface area contributed by atoms with E-state index in [0.29, 0.717) is 5.82 Å². The van der Waals surface area contributed by atoms with E-state index in [-0.39, 0.29) is 0 Å². The van der Waals surface area contributed by atoms with E-state index < -0.39 is 0 Å². The molecule has 0 saturated heterocycles. The fourth-order valence-corrected chi connectivity index (χ4v) is 3.93. The van der Waals surface area contributed by atoms with Gasteiger partial charge in [0.25, 0.3) is 0 Å². The lowest BCUT2D eigenvalue weighted by Gasteiger charge is -2.09. The molecule has 0 aliphatic carbocycles. The summed E-state index contributed by atoms with van der Waals surface area (Å²) >= 11 is 5.14. The topological polar surface area (TPSA) is 46.0 Å². The van der Waals surface area contributed by atoms with Crippen molar-refractivity contribution in [3.63, 3.8) is 0 Å². The maximum absolute atomic E-state index is 4.75.